The van der Waals surface area contributed by atoms with Gasteiger partial charge in [-0.05, 0) is 33.7 Å². The van der Waals surface area contributed by atoms with Crippen LogP contribution in [-0.4, -0.2) is 48.0 Å². The number of isocyanates is 1. The summed E-state index contributed by atoms with van der Waals surface area (Å²) in [5.41, 5.74) is 0. The van der Waals surface area contributed by atoms with Crippen LogP contribution in [0.5, 0.6) is 0 Å². The second-order valence-corrected chi connectivity index (χ2v) is 5.44. The summed E-state index contributed by atoms with van der Waals surface area (Å²) in [4.78, 5) is 16.5. The van der Waals surface area contributed by atoms with Crippen LogP contribution in [0.3, 0.4) is 0 Å². The molecule has 100 valence electrons. The van der Waals surface area contributed by atoms with Gasteiger partial charge < -0.3 is 13.3 Å². The standard InChI is InChI=1S/C10H22N2O4Si/c1-4-14-17(15-5-2,16-6-3)12-9-7-8-11-10-13/h12H,4-9H2,1-3H3. The van der Waals surface area contributed by atoms with Gasteiger partial charge >= 0.3 is 8.97 Å². The number of rotatable bonds is 11. The lowest BCUT2D eigenvalue weighted by molar-refractivity contribution is 0.0600. The van der Waals surface area contributed by atoms with E-state index in [9.17, 15) is 4.79 Å². The molecular weight excluding hydrogens is 240 g/mol. The molecule has 0 aliphatic carbocycles. The SMILES string of the molecule is CCO[Si](NCCCN=C=O)(OCC)OCC. The van der Waals surface area contributed by atoms with E-state index in [0.717, 1.165) is 6.42 Å². The van der Waals surface area contributed by atoms with Crippen LogP contribution in [0.4, 0.5) is 0 Å². The summed E-state index contributed by atoms with van der Waals surface area (Å²) in [7, 11) is -2.75. The summed E-state index contributed by atoms with van der Waals surface area (Å²) in [6, 6.07) is 0. The Morgan fingerprint density at radius 2 is 1.65 bits per heavy atom. The van der Waals surface area contributed by atoms with E-state index >= 15 is 0 Å². The first-order valence-electron chi connectivity index (χ1n) is 5.95. The molecule has 0 rings (SSSR count). The molecule has 0 saturated carbocycles. The van der Waals surface area contributed by atoms with Gasteiger partial charge in [0.05, 0.1) is 6.54 Å². The molecule has 0 saturated heterocycles. The summed E-state index contributed by atoms with van der Waals surface area (Å²) in [5, 5.41) is 0. The molecule has 0 aliphatic rings. The van der Waals surface area contributed by atoms with Crippen LogP contribution < -0.4 is 4.98 Å². The van der Waals surface area contributed by atoms with Gasteiger partial charge in [0.15, 0.2) is 0 Å². The number of nitrogens with zero attached hydrogens (tertiary/aromatic N) is 1. The Morgan fingerprint density at radius 3 is 2.06 bits per heavy atom. The van der Waals surface area contributed by atoms with Gasteiger partial charge in [0.25, 0.3) is 0 Å². The van der Waals surface area contributed by atoms with Crippen molar-refractivity contribution in [2.24, 2.45) is 4.99 Å². The fraction of sp³-hybridized carbons (Fsp3) is 0.900. The van der Waals surface area contributed by atoms with E-state index in [2.05, 4.69) is 9.97 Å². The number of aliphatic imine (C=N–C) groups is 1. The van der Waals surface area contributed by atoms with Crippen molar-refractivity contribution < 1.29 is 18.1 Å². The number of hydrogen-bond donors (Lipinski definition) is 1. The number of carbonyl (C=O) groups excluding carboxylic acids is 1. The Morgan fingerprint density at radius 1 is 1.12 bits per heavy atom. The normalized spacial score (nSPS) is 11.2. The summed E-state index contributed by atoms with van der Waals surface area (Å²) >= 11 is 0. The molecule has 0 fully saturated rings. The molecule has 7 heteroatoms. The van der Waals surface area contributed by atoms with Crippen LogP contribution in [0, 0.1) is 0 Å². The van der Waals surface area contributed by atoms with Crippen molar-refractivity contribution in [2.45, 2.75) is 27.2 Å². The van der Waals surface area contributed by atoms with Gasteiger partial charge in [-0.2, -0.15) is 0 Å². The average Bonchev–Trinajstić information content (AvgIpc) is 2.30. The molecule has 0 heterocycles. The maximum absolute atomic E-state index is 9.89. The van der Waals surface area contributed by atoms with Gasteiger partial charge in [-0.1, -0.05) is 0 Å². The zero-order valence-electron chi connectivity index (χ0n) is 10.8. The Kier molecular flexibility index (Phi) is 10.2. The lowest BCUT2D eigenvalue weighted by atomic mass is 10.4. The van der Waals surface area contributed by atoms with E-state index in [-0.39, 0.29) is 0 Å². The van der Waals surface area contributed by atoms with Gasteiger partial charge in [0.1, 0.15) is 0 Å². The van der Waals surface area contributed by atoms with Gasteiger partial charge in [-0.3, -0.25) is 4.98 Å². The Balaban J connectivity index is 4.17. The molecular formula is C10H22N2O4Si. The summed E-state index contributed by atoms with van der Waals surface area (Å²) < 4.78 is 16.8. The van der Waals surface area contributed by atoms with Crippen LogP contribution in [0.2, 0.25) is 0 Å². The monoisotopic (exact) mass is 262 g/mol. The fourth-order valence-electron chi connectivity index (χ4n) is 1.29. The van der Waals surface area contributed by atoms with Crippen molar-refractivity contribution in [3.05, 3.63) is 0 Å². The van der Waals surface area contributed by atoms with E-state index in [4.69, 9.17) is 13.3 Å². The highest BCUT2D eigenvalue weighted by Crippen LogP contribution is 2.06. The van der Waals surface area contributed by atoms with E-state index in [1.807, 2.05) is 20.8 Å². The molecule has 0 aromatic rings. The second kappa shape index (κ2) is 10.6. The minimum atomic E-state index is -2.75. The Hall–Kier alpha value is -0.563. The summed E-state index contributed by atoms with van der Waals surface area (Å²) in [6.07, 6.45) is 2.23. The predicted octanol–water partition coefficient (Wildman–Crippen LogP) is 0.847. The molecule has 0 aromatic carbocycles. The maximum Gasteiger partial charge on any atom is 0.596 e. The molecule has 0 unspecified atom stereocenters. The summed E-state index contributed by atoms with van der Waals surface area (Å²) in [5.74, 6) is 0. The first kappa shape index (κ1) is 16.4. The molecule has 1 N–H and O–H groups in total. The minimum Gasteiger partial charge on any atom is -0.361 e. The third kappa shape index (κ3) is 7.38. The first-order valence-corrected chi connectivity index (χ1v) is 7.67. The van der Waals surface area contributed by atoms with Crippen molar-refractivity contribution >= 4 is 15.0 Å². The molecule has 0 aliphatic heterocycles. The lowest BCUT2D eigenvalue weighted by Gasteiger charge is -2.28. The second-order valence-electron chi connectivity index (χ2n) is 3.11. The van der Waals surface area contributed by atoms with Gasteiger partial charge in [-0.25, -0.2) is 9.79 Å². The van der Waals surface area contributed by atoms with Crippen LogP contribution >= 0.6 is 0 Å². The highest BCUT2D eigenvalue weighted by molar-refractivity contribution is 6.57. The Labute approximate surface area is 104 Å². The highest BCUT2D eigenvalue weighted by atomic mass is 28.4. The predicted molar refractivity (Wildman–Crippen MR) is 66.2 cm³/mol. The summed E-state index contributed by atoms with van der Waals surface area (Å²) in [6.45, 7) is 8.39. The number of hydrogen-bond acceptors (Lipinski definition) is 6. The smallest absolute Gasteiger partial charge is 0.361 e. The van der Waals surface area contributed by atoms with E-state index < -0.39 is 8.97 Å². The van der Waals surface area contributed by atoms with Crippen molar-refractivity contribution in [3.8, 4) is 0 Å². The van der Waals surface area contributed by atoms with E-state index in [1.54, 1.807) is 0 Å². The third-order valence-electron chi connectivity index (χ3n) is 1.86. The van der Waals surface area contributed by atoms with Crippen LogP contribution in [0.25, 0.3) is 0 Å². The zero-order valence-corrected chi connectivity index (χ0v) is 11.8. The van der Waals surface area contributed by atoms with Gasteiger partial charge in [0.2, 0.25) is 6.08 Å². The van der Waals surface area contributed by atoms with Crippen molar-refractivity contribution in [1.29, 1.82) is 0 Å². The quantitative estimate of drug-likeness (QED) is 0.259. The first-order chi connectivity index (χ1) is 8.24. The molecule has 0 atom stereocenters. The lowest BCUT2D eigenvalue weighted by Crippen LogP contribution is -2.59. The van der Waals surface area contributed by atoms with E-state index in [0.29, 0.717) is 32.9 Å². The molecule has 0 radical (unpaired) electrons. The van der Waals surface area contributed by atoms with Crippen LogP contribution in [0.15, 0.2) is 4.99 Å². The number of nitrogens with one attached hydrogen (secondary N) is 1. The van der Waals surface area contributed by atoms with Crippen LogP contribution in [-0.2, 0) is 18.1 Å². The molecule has 0 spiro atoms. The highest BCUT2D eigenvalue weighted by Gasteiger charge is 2.40. The van der Waals surface area contributed by atoms with E-state index in [1.165, 1.54) is 6.08 Å². The fourth-order valence-corrected chi connectivity index (χ4v) is 3.47. The van der Waals surface area contributed by atoms with Crippen molar-refractivity contribution in [3.63, 3.8) is 0 Å². The molecule has 17 heavy (non-hydrogen) atoms. The topological polar surface area (TPSA) is 69.2 Å². The third-order valence-corrected chi connectivity index (χ3v) is 4.54. The zero-order chi connectivity index (χ0) is 13.0. The molecule has 6 nitrogen and oxygen atoms in total. The van der Waals surface area contributed by atoms with Crippen LogP contribution in [0.1, 0.15) is 27.2 Å². The molecule has 0 amide bonds. The largest absolute Gasteiger partial charge is 0.596 e. The van der Waals surface area contributed by atoms with Gasteiger partial charge in [-0.15, -0.1) is 0 Å². The Bertz CT molecular complexity index is 217. The molecule has 0 bridgehead atoms. The average molecular weight is 262 g/mol. The van der Waals surface area contributed by atoms with Crippen molar-refractivity contribution in [2.75, 3.05) is 32.9 Å². The maximum atomic E-state index is 9.89. The van der Waals surface area contributed by atoms with Gasteiger partial charge in [0, 0.05) is 19.8 Å². The molecule has 0 aromatic heterocycles. The van der Waals surface area contributed by atoms with Crippen molar-refractivity contribution in [1.82, 2.24) is 4.98 Å². The minimum absolute atomic E-state index is 0.450.